The van der Waals surface area contributed by atoms with Crippen LogP contribution >= 0.6 is 0 Å². The summed E-state index contributed by atoms with van der Waals surface area (Å²) in [4.78, 5) is 0. The van der Waals surface area contributed by atoms with Crippen LogP contribution in [0.5, 0.6) is 5.75 Å². The van der Waals surface area contributed by atoms with Crippen LogP contribution in [-0.4, -0.2) is 7.11 Å². The Bertz CT molecular complexity index is 661. The van der Waals surface area contributed by atoms with Crippen molar-refractivity contribution in [3.05, 3.63) is 52.6 Å². The van der Waals surface area contributed by atoms with Crippen molar-refractivity contribution in [2.24, 2.45) is 5.73 Å². The predicted octanol–water partition coefficient (Wildman–Crippen LogP) is 3.93. The van der Waals surface area contributed by atoms with Gasteiger partial charge in [-0.3, -0.25) is 0 Å². The van der Waals surface area contributed by atoms with E-state index in [1.165, 1.54) is 33.4 Å². The van der Waals surface area contributed by atoms with E-state index in [1.54, 1.807) is 7.11 Å². The number of rotatable bonds is 2. The standard InChI is InChI=1S/C18H21NO/c1-11-7-8-16(18(20-3)12(11)2)13-5-4-6-15-14(13)9-10-17(15)19/h4-8,17H,9-10,19H2,1-3H3. The highest BCUT2D eigenvalue weighted by Crippen LogP contribution is 2.41. The lowest BCUT2D eigenvalue weighted by Gasteiger charge is -2.16. The SMILES string of the molecule is COc1c(-c2cccc3c2CCC3N)ccc(C)c1C. The molecule has 1 aliphatic carbocycles. The van der Waals surface area contributed by atoms with Crippen molar-refractivity contribution in [3.8, 4) is 16.9 Å². The first-order valence-electron chi connectivity index (χ1n) is 7.15. The first-order chi connectivity index (χ1) is 9.63. The summed E-state index contributed by atoms with van der Waals surface area (Å²) in [6, 6.07) is 11.0. The number of fused-ring (bicyclic) bond motifs is 1. The molecule has 2 heteroatoms. The van der Waals surface area contributed by atoms with Crippen molar-refractivity contribution in [3.63, 3.8) is 0 Å². The molecule has 104 valence electrons. The molecule has 0 aliphatic heterocycles. The Balaban J connectivity index is 2.23. The molecule has 0 saturated carbocycles. The van der Waals surface area contributed by atoms with Gasteiger partial charge in [-0.1, -0.05) is 30.3 Å². The van der Waals surface area contributed by atoms with E-state index in [2.05, 4.69) is 44.2 Å². The van der Waals surface area contributed by atoms with Gasteiger partial charge < -0.3 is 10.5 Å². The number of hydrogen-bond acceptors (Lipinski definition) is 2. The molecule has 0 fully saturated rings. The molecule has 0 spiro atoms. The summed E-state index contributed by atoms with van der Waals surface area (Å²) in [7, 11) is 1.75. The second-order valence-corrected chi connectivity index (χ2v) is 5.61. The third-order valence-electron chi connectivity index (χ3n) is 4.49. The molecule has 2 N–H and O–H groups in total. The lowest BCUT2D eigenvalue weighted by Crippen LogP contribution is -2.05. The van der Waals surface area contributed by atoms with Gasteiger partial charge in [-0.25, -0.2) is 0 Å². The topological polar surface area (TPSA) is 35.2 Å². The van der Waals surface area contributed by atoms with Gasteiger partial charge in [-0.05, 0) is 54.5 Å². The Labute approximate surface area is 120 Å². The average molecular weight is 267 g/mol. The number of methoxy groups -OCH3 is 1. The highest BCUT2D eigenvalue weighted by atomic mass is 16.5. The van der Waals surface area contributed by atoms with Crippen LogP contribution in [0.3, 0.4) is 0 Å². The van der Waals surface area contributed by atoms with Gasteiger partial charge in [-0.2, -0.15) is 0 Å². The molecule has 3 rings (SSSR count). The van der Waals surface area contributed by atoms with Gasteiger partial charge in [0.1, 0.15) is 5.75 Å². The van der Waals surface area contributed by atoms with Crippen LogP contribution in [0, 0.1) is 13.8 Å². The maximum atomic E-state index is 6.19. The van der Waals surface area contributed by atoms with E-state index in [0.29, 0.717) is 0 Å². The van der Waals surface area contributed by atoms with Crippen molar-refractivity contribution in [2.45, 2.75) is 32.7 Å². The van der Waals surface area contributed by atoms with Crippen LogP contribution in [0.25, 0.3) is 11.1 Å². The molecule has 0 bridgehead atoms. The summed E-state index contributed by atoms with van der Waals surface area (Å²) in [5.74, 6) is 0.985. The minimum atomic E-state index is 0.183. The first kappa shape index (κ1) is 13.2. The summed E-state index contributed by atoms with van der Waals surface area (Å²) in [6.45, 7) is 4.24. The number of nitrogens with two attached hydrogens (primary N) is 1. The van der Waals surface area contributed by atoms with Gasteiger partial charge in [0.15, 0.2) is 0 Å². The molecule has 2 aromatic carbocycles. The largest absolute Gasteiger partial charge is 0.496 e. The van der Waals surface area contributed by atoms with Gasteiger partial charge in [0.05, 0.1) is 7.11 Å². The van der Waals surface area contributed by atoms with Gasteiger partial charge in [0, 0.05) is 11.6 Å². The Kier molecular flexibility index (Phi) is 3.27. The fourth-order valence-corrected chi connectivity index (χ4v) is 3.20. The third kappa shape index (κ3) is 1.92. The first-order valence-corrected chi connectivity index (χ1v) is 7.15. The second-order valence-electron chi connectivity index (χ2n) is 5.61. The van der Waals surface area contributed by atoms with Crippen LogP contribution < -0.4 is 10.5 Å². The number of ether oxygens (including phenoxy) is 1. The zero-order valence-corrected chi connectivity index (χ0v) is 12.4. The minimum Gasteiger partial charge on any atom is -0.496 e. The van der Waals surface area contributed by atoms with E-state index in [0.717, 1.165) is 18.6 Å². The zero-order chi connectivity index (χ0) is 14.3. The Morgan fingerprint density at radius 1 is 1.10 bits per heavy atom. The van der Waals surface area contributed by atoms with E-state index < -0.39 is 0 Å². The molecular weight excluding hydrogens is 246 g/mol. The maximum Gasteiger partial charge on any atom is 0.129 e. The zero-order valence-electron chi connectivity index (χ0n) is 12.4. The van der Waals surface area contributed by atoms with Gasteiger partial charge in [-0.15, -0.1) is 0 Å². The number of benzene rings is 2. The molecule has 0 heterocycles. The van der Waals surface area contributed by atoms with Crippen molar-refractivity contribution in [1.82, 2.24) is 0 Å². The molecular formula is C18H21NO. The van der Waals surface area contributed by atoms with Crippen LogP contribution in [0.2, 0.25) is 0 Å². The summed E-state index contributed by atoms with van der Waals surface area (Å²) in [5, 5.41) is 0. The molecule has 0 saturated heterocycles. The lowest BCUT2D eigenvalue weighted by atomic mass is 9.93. The maximum absolute atomic E-state index is 6.19. The summed E-state index contributed by atoms with van der Waals surface area (Å²) in [5.41, 5.74) is 13.8. The second kappa shape index (κ2) is 4.95. The van der Waals surface area contributed by atoms with Crippen LogP contribution in [0.4, 0.5) is 0 Å². The van der Waals surface area contributed by atoms with Crippen LogP contribution in [-0.2, 0) is 6.42 Å². The lowest BCUT2D eigenvalue weighted by molar-refractivity contribution is 0.413. The van der Waals surface area contributed by atoms with Crippen molar-refractivity contribution >= 4 is 0 Å². The molecule has 0 radical (unpaired) electrons. The Morgan fingerprint density at radius 3 is 2.65 bits per heavy atom. The van der Waals surface area contributed by atoms with Gasteiger partial charge in [0.25, 0.3) is 0 Å². The van der Waals surface area contributed by atoms with Crippen molar-refractivity contribution in [2.75, 3.05) is 7.11 Å². The highest BCUT2D eigenvalue weighted by Gasteiger charge is 2.23. The van der Waals surface area contributed by atoms with Gasteiger partial charge >= 0.3 is 0 Å². The van der Waals surface area contributed by atoms with E-state index in [1.807, 2.05) is 0 Å². The summed E-state index contributed by atoms with van der Waals surface area (Å²) in [6.07, 6.45) is 2.10. The van der Waals surface area contributed by atoms with Crippen LogP contribution in [0.15, 0.2) is 30.3 Å². The fourth-order valence-electron chi connectivity index (χ4n) is 3.20. The quantitative estimate of drug-likeness (QED) is 0.895. The molecule has 2 aromatic rings. The highest BCUT2D eigenvalue weighted by molar-refractivity contribution is 5.77. The Morgan fingerprint density at radius 2 is 1.90 bits per heavy atom. The number of aryl methyl sites for hydroxylation is 1. The molecule has 0 aromatic heterocycles. The van der Waals surface area contributed by atoms with Crippen molar-refractivity contribution < 1.29 is 4.74 Å². The van der Waals surface area contributed by atoms with E-state index in [4.69, 9.17) is 10.5 Å². The molecule has 0 amide bonds. The predicted molar refractivity (Wildman–Crippen MR) is 83.2 cm³/mol. The van der Waals surface area contributed by atoms with E-state index in [9.17, 15) is 0 Å². The van der Waals surface area contributed by atoms with Gasteiger partial charge in [0.2, 0.25) is 0 Å². The molecule has 20 heavy (non-hydrogen) atoms. The Hall–Kier alpha value is -1.80. The van der Waals surface area contributed by atoms with E-state index in [-0.39, 0.29) is 6.04 Å². The van der Waals surface area contributed by atoms with Crippen LogP contribution in [0.1, 0.15) is 34.7 Å². The molecule has 1 aliphatic rings. The average Bonchev–Trinajstić information content (AvgIpc) is 2.84. The van der Waals surface area contributed by atoms with E-state index >= 15 is 0 Å². The third-order valence-corrected chi connectivity index (χ3v) is 4.49. The summed E-state index contributed by atoms with van der Waals surface area (Å²) >= 11 is 0. The fraction of sp³-hybridized carbons (Fsp3) is 0.333. The normalized spacial score (nSPS) is 17.1. The number of hydrogen-bond donors (Lipinski definition) is 1. The molecule has 1 atom stereocenters. The molecule has 2 nitrogen and oxygen atoms in total. The molecule has 1 unspecified atom stereocenters. The summed E-state index contributed by atoms with van der Waals surface area (Å²) < 4.78 is 5.67. The van der Waals surface area contributed by atoms with Crippen molar-refractivity contribution in [1.29, 1.82) is 0 Å². The minimum absolute atomic E-state index is 0.183. The smallest absolute Gasteiger partial charge is 0.129 e. The monoisotopic (exact) mass is 267 g/mol.